The highest BCUT2D eigenvalue weighted by Gasteiger charge is 2.22. The highest BCUT2D eigenvalue weighted by Crippen LogP contribution is 2.36. The Hall–Kier alpha value is -2.86. The number of sulfonamides is 1. The second-order valence-electron chi connectivity index (χ2n) is 6.94. The highest BCUT2D eigenvalue weighted by molar-refractivity contribution is 7.92. The number of aromatic nitrogens is 2. The van der Waals surface area contributed by atoms with Crippen LogP contribution in [0.3, 0.4) is 0 Å². The van der Waals surface area contributed by atoms with E-state index < -0.39 is 25.7 Å². The first-order valence-electron chi connectivity index (χ1n) is 9.73. The van der Waals surface area contributed by atoms with Crippen molar-refractivity contribution in [2.45, 2.75) is 25.2 Å². The molecule has 0 radical (unpaired) electrons. The number of nitrogens with one attached hydrogen (secondary N) is 1. The molecule has 1 N–H and O–H groups in total. The molecule has 0 fully saturated rings. The lowest BCUT2D eigenvalue weighted by atomic mass is 10.1. The summed E-state index contributed by atoms with van der Waals surface area (Å²) >= 11 is 0. The molecular weight excluding hydrogens is 461 g/mol. The first kappa shape index (κ1) is 23.8. The van der Waals surface area contributed by atoms with Crippen LogP contribution >= 0.6 is 0 Å². The van der Waals surface area contributed by atoms with Crippen LogP contribution in [0.5, 0.6) is 11.5 Å². The SMILES string of the molecule is CCCS(=O)(=O)Nc1cc(-c2cnc3cc(OC)c(S(=O)(=O)CC)cn23)cc(F)c1OC. The van der Waals surface area contributed by atoms with Crippen molar-refractivity contribution in [1.82, 2.24) is 9.38 Å². The molecule has 0 aliphatic heterocycles. The van der Waals surface area contributed by atoms with E-state index in [1.54, 1.807) is 6.92 Å². The van der Waals surface area contributed by atoms with Crippen molar-refractivity contribution in [3.05, 3.63) is 36.4 Å². The van der Waals surface area contributed by atoms with Crippen LogP contribution in [0.1, 0.15) is 20.3 Å². The summed E-state index contributed by atoms with van der Waals surface area (Å²) in [6, 6.07) is 4.05. The predicted molar refractivity (Wildman–Crippen MR) is 119 cm³/mol. The molecule has 0 aliphatic carbocycles. The van der Waals surface area contributed by atoms with Crippen molar-refractivity contribution >= 4 is 31.2 Å². The van der Waals surface area contributed by atoms with Crippen molar-refractivity contribution in [3.63, 3.8) is 0 Å². The van der Waals surface area contributed by atoms with Gasteiger partial charge in [0.05, 0.1) is 43.3 Å². The number of hydrogen-bond acceptors (Lipinski definition) is 7. The summed E-state index contributed by atoms with van der Waals surface area (Å²) in [6.45, 7) is 3.23. The summed E-state index contributed by atoms with van der Waals surface area (Å²) < 4.78 is 78.5. The van der Waals surface area contributed by atoms with Gasteiger partial charge in [0.1, 0.15) is 16.3 Å². The maximum Gasteiger partial charge on any atom is 0.232 e. The maximum absolute atomic E-state index is 14.8. The van der Waals surface area contributed by atoms with Crippen LogP contribution in [-0.2, 0) is 19.9 Å². The summed E-state index contributed by atoms with van der Waals surface area (Å²) in [5.41, 5.74) is 0.930. The Morgan fingerprint density at radius 1 is 1.09 bits per heavy atom. The molecule has 3 rings (SSSR count). The number of hydrogen-bond donors (Lipinski definition) is 1. The smallest absolute Gasteiger partial charge is 0.232 e. The molecule has 9 nitrogen and oxygen atoms in total. The number of methoxy groups -OCH3 is 2. The molecule has 0 saturated heterocycles. The second-order valence-corrected chi connectivity index (χ2v) is 11.0. The summed E-state index contributed by atoms with van der Waals surface area (Å²) in [6.07, 6.45) is 3.17. The quantitative estimate of drug-likeness (QED) is 0.495. The van der Waals surface area contributed by atoms with Gasteiger partial charge < -0.3 is 9.47 Å². The second kappa shape index (κ2) is 8.94. The van der Waals surface area contributed by atoms with Gasteiger partial charge in [-0.3, -0.25) is 9.12 Å². The number of sulfone groups is 1. The molecule has 2 heterocycles. The van der Waals surface area contributed by atoms with E-state index in [0.29, 0.717) is 17.8 Å². The number of benzene rings is 1. The molecular formula is C20H24FN3O6S2. The third kappa shape index (κ3) is 4.51. The van der Waals surface area contributed by atoms with Gasteiger partial charge in [0.15, 0.2) is 21.4 Å². The van der Waals surface area contributed by atoms with E-state index in [1.165, 1.54) is 50.1 Å². The molecule has 0 saturated carbocycles. The summed E-state index contributed by atoms with van der Waals surface area (Å²) in [4.78, 5) is 4.22. The fourth-order valence-corrected chi connectivity index (χ4v) is 5.41. The van der Waals surface area contributed by atoms with Gasteiger partial charge in [-0.15, -0.1) is 0 Å². The molecule has 174 valence electrons. The lowest BCUT2D eigenvalue weighted by Crippen LogP contribution is -2.17. The lowest BCUT2D eigenvalue weighted by molar-refractivity contribution is 0.389. The van der Waals surface area contributed by atoms with Crippen LogP contribution in [0.2, 0.25) is 0 Å². The first-order valence-corrected chi connectivity index (χ1v) is 13.0. The molecule has 0 aliphatic rings. The van der Waals surface area contributed by atoms with Gasteiger partial charge in [-0.25, -0.2) is 26.2 Å². The number of nitrogens with zero attached hydrogens (tertiary/aromatic N) is 2. The van der Waals surface area contributed by atoms with Crippen LogP contribution in [0.15, 0.2) is 35.5 Å². The Morgan fingerprint density at radius 3 is 2.41 bits per heavy atom. The number of halogens is 1. The fourth-order valence-electron chi connectivity index (χ4n) is 3.26. The molecule has 12 heteroatoms. The van der Waals surface area contributed by atoms with E-state index in [4.69, 9.17) is 9.47 Å². The van der Waals surface area contributed by atoms with Gasteiger partial charge in [-0.2, -0.15) is 0 Å². The molecule has 1 aromatic carbocycles. The maximum atomic E-state index is 14.8. The largest absolute Gasteiger partial charge is 0.495 e. The third-order valence-corrected chi connectivity index (χ3v) is 8.01. The molecule has 0 atom stereocenters. The van der Waals surface area contributed by atoms with Gasteiger partial charge in [0, 0.05) is 17.8 Å². The van der Waals surface area contributed by atoms with Gasteiger partial charge in [-0.1, -0.05) is 13.8 Å². The van der Waals surface area contributed by atoms with Crippen LogP contribution in [0.25, 0.3) is 16.9 Å². The van der Waals surface area contributed by atoms with Crippen LogP contribution in [0.4, 0.5) is 10.1 Å². The summed E-state index contributed by atoms with van der Waals surface area (Å²) in [7, 11) is -4.75. The Labute approximate surface area is 186 Å². The zero-order valence-corrected chi connectivity index (χ0v) is 19.7. The molecule has 3 aromatic rings. The van der Waals surface area contributed by atoms with E-state index in [9.17, 15) is 21.2 Å². The van der Waals surface area contributed by atoms with E-state index in [0.717, 1.165) is 6.07 Å². The molecule has 0 bridgehead atoms. The van der Waals surface area contributed by atoms with Gasteiger partial charge >= 0.3 is 0 Å². The van der Waals surface area contributed by atoms with E-state index in [2.05, 4.69) is 9.71 Å². The molecule has 0 unspecified atom stereocenters. The van der Waals surface area contributed by atoms with Crippen molar-refractivity contribution in [2.24, 2.45) is 0 Å². The fraction of sp³-hybridized carbons (Fsp3) is 0.350. The monoisotopic (exact) mass is 485 g/mol. The first-order chi connectivity index (χ1) is 15.1. The van der Waals surface area contributed by atoms with Crippen molar-refractivity contribution in [3.8, 4) is 22.8 Å². The predicted octanol–water partition coefficient (Wildman–Crippen LogP) is 3.10. The number of anilines is 1. The van der Waals surface area contributed by atoms with Crippen LogP contribution < -0.4 is 14.2 Å². The Bertz CT molecular complexity index is 1370. The Kier molecular flexibility index (Phi) is 6.65. The van der Waals surface area contributed by atoms with Gasteiger partial charge in [0.2, 0.25) is 10.0 Å². The van der Waals surface area contributed by atoms with Gasteiger partial charge in [-0.05, 0) is 18.6 Å². The average molecular weight is 486 g/mol. The summed E-state index contributed by atoms with van der Waals surface area (Å²) in [5.74, 6) is -1.18. The molecule has 32 heavy (non-hydrogen) atoms. The molecule has 0 amide bonds. The number of imidazole rings is 1. The van der Waals surface area contributed by atoms with Crippen LogP contribution in [-0.4, -0.2) is 51.9 Å². The molecule has 0 spiro atoms. The number of pyridine rings is 1. The number of fused-ring (bicyclic) bond motifs is 1. The lowest BCUT2D eigenvalue weighted by Gasteiger charge is -2.15. The minimum absolute atomic E-state index is 0.0351. The summed E-state index contributed by atoms with van der Waals surface area (Å²) in [5, 5.41) is 0. The number of rotatable bonds is 9. The zero-order chi connectivity index (χ0) is 23.7. The normalized spacial score (nSPS) is 12.2. The van der Waals surface area contributed by atoms with E-state index in [1.807, 2.05) is 0 Å². The zero-order valence-electron chi connectivity index (χ0n) is 18.0. The Balaban J connectivity index is 2.23. The average Bonchev–Trinajstić information content (AvgIpc) is 3.15. The minimum Gasteiger partial charge on any atom is -0.495 e. The van der Waals surface area contributed by atoms with Gasteiger partial charge in [0.25, 0.3) is 0 Å². The van der Waals surface area contributed by atoms with Crippen molar-refractivity contribution < 1.29 is 30.7 Å². The van der Waals surface area contributed by atoms with Crippen molar-refractivity contribution in [1.29, 1.82) is 0 Å². The highest BCUT2D eigenvalue weighted by atomic mass is 32.2. The van der Waals surface area contributed by atoms with E-state index in [-0.39, 0.29) is 39.2 Å². The molecule has 2 aromatic heterocycles. The van der Waals surface area contributed by atoms with E-state index >= 15 is 0 Å². The Morgan fingerprint density at radius 2 is 1.81 bits per heavy atom. The van der Waals surface area contributed by atoms with Crippen LogP contribution in [0, 0.1) is 5.82 Å². The minimum atomic E-state index is -3.72. The number of ether oxygens (including phenoxy) is 2. The van der Waals surface area contributed by atoms with Crippen molar-refractivity contribution in [2.75, 3.05) is 30.4 Å². The topological polar surface area (TPSA) is 116 Å². The standard InChI is InChI=1S/C20H24FN3O6S2/c1-5-7-32(27,28)23-15-9-13(8-14(21)20(15)30-4)16-11-22-19-10-17(29-3)18(12-24(16)19)31(25,26)6-2/h8-12,23H,5-7H2,1-4H3. The third-order valence-electron chi connectivity index (χ3n) is 4.79.